The van der Waals surface area contributed by atoms with Crippen LogP contribution < -0.4 is 25.0 Å². The van der Waals surface area contributed by atoms with Crippen LogP contribution in [0.15, 0.2) is 36.4 Å². The SMILES string of the molecule is CNC(=O)c1ccc(Cl)cc1NC(=O)C1CC(=O)N(c2ccc3c(c2)OCO3)C1. The molecule has 0 spiro atoms. The molecule has 150 valence electrons. The smallest absolute Gasteiger partial charge is 0.253 e. The molecule has 2 aromatic rings. The Labute approximate surface area is 171 Å². The molecule has 1 unspecified atom stereocenters. The molecular formula is C20H18ClN3O5. The molecule has 0 radical (unpaired) electrons. The number of ether oxygens (including phenoxy) is 2. The molecule has 1 fully saturated rings. The highest BCUT2D eigenvalue weighted by Crippen LogP contribution is 2.37. The molecule has 0 aromatic heterocycles. The number of anilines is 2. The van der Waals surface area contributed by atoms with Crippen molar-refractivity contribution < 1.29 is 23.9 Å². The summed E-state index contributed by atoms with van der Waals surface area (Å²) in [4.78, 5) is 38.9. The molecule has 2 heterocycles. The lowest BCUT2D eigenvalue weighted by molar-refractivity contribution is -0.122. The van der Waals surface area contributed by atoms with Gasteiger partial charge in [0.1, 0.15) is 0 Å². The van der Waals surface area contributed by atoms with Crippen molar-refractivity contribution >= 4 is 40.7 Å². The standard InChI is InChI=1S/C20H18ClN3O5/c1-22-20(27)14-4-2-12(21)7-15(14)23-19(26)11-6-18(25)24(9-11)13-3-5-16-17(8-13)29-10-28-16/h2-5,7-8,11H,6,9-10H2,1H3,(H,22,27)(H,23,26). The van der Waals surface area contributed by atoms with Crippen molar-refractivity contribution in [1.82, 2.24) is 5.32 Å². The number of carbonyl (C=O) groups excluding carboxylic acids is 3. The van der Waals surface area contributed by atoms with Crippen molar-refractivity contribution in [3.63, 3.8) is 0 Å². The fraction of sp³-hybridized carbons (Fsp3) is 0.250. The highest BCUT2D eigenvalue weighted by molar-refractivity contribution is 6.31. The van der Waals surface area contributed by atoms with Gasteiger partial charge in [-0.2, -0.15) is 0 Å². The first-order chi connectivity index (χ1) is 14.0. The highest BCUT2D eigenvalue weighted by atomic mass is 35.5. The van der Waals surface area contributed by atoms with E-state index >= 15 is 0 Å². The Balaban J connectivity index is 1.50. The van der Waals surface area contributed by atoms with Crippen molar-refractivity contribution in [2.45, 2.75) is 6.42 Å². The number of hydrogen-bond donors (Lipinski definition) is 2. The summed E-state index contributed by atoms with van der Waals surface area (Å²) in [6.07, 6.45) is 0.0656. The Hall–Kier alpha value is -3.26. The number of nitrogens with zero attached hydrogens (tertiary/aromatic N) is 1. The van der Waals surface area contributed by atoms with Crippen LogP contribution >= 0.6 is 11.6 Å². The van der Waals surface area contributed by atoms with Crippen LogP contribution in [0, 0.1) is 5.92 Å². The van der Waals surface area contributed by atoms with Crippen LogP contribution in [-0.4, -0.2) is 38.1 Å². The first kappa shape index (κ1) is 19.1. The monoisotopic (exact) mass is 415 g/mol. The van der Waals surface area contributed by atoms with Gasteiger partial charge >= 0.3 is 0 Å². The van der Waals surface area contributed by atoms with Gasteiger partial charge in [0.2, 0.25) is 18.6 Å². The number of benzene rings is 2. The topological polar surface area (TPSA) is 97.0 Å². The van der Waals surface area contributed by atoms with Crippen molar-refractivity contribution in [2.75, 3.05) is 30.6 Å². The average molecular weight is 416 g/mol. The number of fused-ring (bicyclic) bond motifs is 1. The number of nitrogens with one attached hydrogen (secondary N) is 2. The van der Waals surface area contributed by atoms with Gasteiger partial charge in [-0.05, 0) is 30.3 Å². The molecule has 4 rings (SSSR count). The largest absolute Gasteiger partial charge is 0.454 e. The zero-order valence-electron chi connectivity index (χ0n) is 15.5. The Morgan fingerprint density at radius 1 is 1.14 bits per heavy atom. The summed E-state index contributed by atoms with van der Waals surface area (Å²) in [5.74, 6) is -0.240. The second-order valence-electron chi connectivity index (χ2n) is 6.70. The molecule has 2 N–H and O–H groups in total. The first-order valence-corrected chi connectivity index (χ1v) is 9.36. The molecule has 0 saturated carbocycles. The second-order valence-corrected chi connectivity index (χ2v) is 7.14. The van der Waals surface area contributed by atoms with E-state index in [2.05, 4.69) is 10.6 Å². The van der Waals surface area contributed by atoms with E-state index < -0.39 is 5.92 Å². The summed E-state index contributed by atoms with van der Waals surface area (Å²) in [5, 5.41) is 5.64. The predicted molar refractivity (Wildman–Crippen MR) is 106 cm³/mol. The minimum atomic E-state index is -0.565. The Morgan fingerprint density at radius 2 is 1.93 bits per heavy atom. The minimum absolute atomic E-state index is 0.0656. The van der Waals surface area contributed by atoms with E-state index in [1.165, 1.54) is 19.2 Å². The van der Waals surface area contributed by atoms with Crippen molar-refractivity contribution in [2.24, 2.45) is 5.92 Å². The maximum absolute atomic E-state index is 12.8. The summed E-state index contributed by atoms with van der Waals surface area (Å²) in [6.45, 7) is 0.366. The average Bonchev–Trinajstić information content (AvgIpc) is 3.33. The Kier molecular flexibility index (Phi) is 5.02. The quantitative estimate of drug-likeness (QED) is 0.799. The van der Waals surface area contributed by atoms with Gasteiger partial charge in [0.15, 0.2) is 11.5 Å². The molecule has 29 heavy (non-hydrogen) atoms. The van der Waals surface area contributed by atoms with Gasteiger partial charge in [0, 0.05) is 36.8 Å². The summed E-state index contributed by atoms with van der Waals surface area (Å²) in [7, 11) is 1.50. The number of hydrogen-bond acceptors (Lipinski definition) is 5. The summed E-state index contributed by atoms with van der Waals surface area (Å²) >= 11 is 6.01. The minimum Gasteiger partial charge on any atom is -0.454 e. The van der Waals surface area contributed by atoms with Gasteiger partial charge in [-0.15, -0.1) is 0 Å². The maximum atomic E-state index is 12.8. The van der Waals surface area contributed by atoms with E-state index in [0.29, 0.717) is 33.5 Å². The maximum Gasteiger partial charge on any atom is 0.253 e. The fourth-order valence-corrected chi connectivity index (χ4v) is 3.55. The van der Waals surface area contributed by atoms with E-state index in [9.17, 15) is 14.4 Å². The number of rotatable bonds is 4. The van der Waals surface area contributed by atoms with E-state index in [-0.39, 0.29) is 37.5 Å². The van der Waals surface area contributed by atoms with Gasteiger partial charge < -0.3 is 25.0 Å². The summed E-state index contributed by atoms with van der Waals surface area (Å²) < 4.78 is 10.6. The zero-order chi connectivity index (χ0) is 20.5. The first-order valence-electron chi connectivity index (χ1n) is 8.99. The summed E-state index contributed by atoms with van der Waals surface area (Å²) in [6, 6.07) is 9.83. The highest BCUT2D eigenvalue weighted by Gasteiger charge is 2.36. The van der Waals surface area contributed by atoms with Gasteiger partial charge in [0.25, 0.3) is 5.91 Å². The fourth-order valence-electron chi connectivity index (χ4n) is 3.37. The molecule has 2 aliphatic heterocycles. The third kappa shape index (κ3) is 3.71. The lowest BCUT2D eigenvalue weighted by Gasteiger charge is -2.17. The molecule has 8 nitrogen and oxygen atoms in total. The lowest BCUT2D eigenvalue weighted by Crippen LogP contribution is -2.29. The second kappa shape index (κ2) is 7.63. The zero-order valence-corrected chi connectivity index (χ0v) is 16.3. The molecular weight excluding hydrogens is 398 g/mol. The van der Waals surface area contributed by atoms with E-state index in [1.807, 2.05) is 0 Å². The molecule has 1 saturated heterocycles. The van der Waals surface area contributed by atoms with Gasteiger partial charge in [0.05, 0.1) is 17.2 Å². The Bertz CT molecular complexity index is 1010. The molecule has 3 amide bonds. The van der Waals surface area contributed by atoms with Gasteiger partial charge in [-0.25, -0.2) is 0 Å². The van der Waals surface area contributed by atoms with Crippen molar-refractivity contribution in [3.8, 4) is 11.5 Å². The van der Waals surface area contributed by atoms with E-state index in [4.69, 9.17) is 21.1 Å². The normalized spacial score (nSPS) is 17.4. The van der Waals surface area contributed by atoms with Gasteiger partial charge in [-0.1, -0.05) is 11.6 Å². The number of amides is 3. The van der Waals surface area contributed by atoms with Crippen molar-refractivity contribution in [3.05, 3.63) is 47.0 Å². The van der Waals surface area contributed by atoms with Crippen molar-refractivity contribution in [1.29, 1.82) is 0 Å². The third-order valence-electron chi connectivity index (χ3n) is 4.87. The molecule has 1 atom stereocenters. The number of halogens is 1. The summed E-state index contributed by atoms with van der Waals surface area (Å²) in [5.41, 5.74) is 1.24. The lowest BCUT2D eigenvalue weighted by atomic mass is 10.1. The van der Waals surface area contributed by atoms with Crippen LogP contribution in [0.2, 0.25) is 5.02 Å². The molecule has 2 aromatic carbocycles. The molecule has 0 aliphatic carbocycles. The predicted octanol–water partition coefficient (Wildman–Crippen LogP) is 2.42. The van der Waals surface area contributed by atoms with Crippen LogP contribution in [-0.2, 0) is 9.59 Å². The van der Waals surface area contributed by atoms with Crippen LogP contribution in [0.25, 0.3) is 0 Å². The molecule has 2 aliphatic rings. The molecule has 9 heteroatoms. The number of carbonyl (C=O) groups is 3. The molecule has 0 bridgehead atoms. The van der Waals surface area contributed by atoms with Crippen LogP contribution in [0.4, 0.5) is 11.4 Å². The van der Waals surface area contributed by atoms with Crippen LogP contribution in [0.3, 0.4) is 0 Å². The van der Waals surface area contributed by atoms with E-state index in [1.54, 1.807) is 29.2 Å². The third-order valence-corrected chi connectivity index (χ3v) is 5.11. The van der Waals surface area contributed by atoms with Crippen LogP contribution in [0.5, 0.6) is 11.5 Å². The van der Waals surface area contributed by atoms with Crippen LogP contribution in [0.1, 0.15) is 16.8 Å². The van der Waals surface area contributed by atoms with E-state index in [0.717, 1.165) is 0 Å². The Morgan fingerprint density at radius 3 is 2.72 bits per heavy atom. The van der Waals surface area contributed by atoms with Gasteiger partial charge in [-0.3, -0.25) is 14.4 Å².